The molecule has 146 valence electrons. The summed E-state index contributed by atoms with van der Waals surface area (Å²) >= 11 is 0. The van der Waals surface area contributed by atoms with Gasteiger partial charge < -0.3 is 10.6 Å². The number of nitro groups is 1. The maximum absolute atomic E-state index is 12.8. The third kappa shape index (κ3) is 2.74. The van der Waals surface area contributed by atoms with Crippen molar-refractivity contribution >= 4 is 29.2 Å². The second kappa shape index (κ2) is 6.43. The summed E-state index contributed by atoms with van der Waals surface area (Å²) < 4.78 is 0. The smallest absolute Gasteiger partial charge is 0.317 e. The highest BCUT2D eigenvalue weighted by atomic mass is 16.6. The number of amides is 4. The summed E-state index contributed by atoms with van der Waals surface area (Å²) in [7, 11) is 0. The molecule has 1 heterocycles. The number of likely N-dealkylation sites (tertiary alicyclic amines) is 1. The minimum atomic E-state index is -0.789. The molecular weight excluding hydrogens is 364 g/mol. The van der Waals surface area contributed by atoms with Crippen LogP contribution in [0, 0.1) is 40.7 Å². The van der Waals surface area contributed by atoms with E-state index in [1.165, 1.54) is 18.2 Å². The minimum Gasteiger partial charge on any atom is -0.317 e. The molecule has 9 heteroatoms. The number of urea groups is 1. The Labute approximate surface area is 160 Å². The Balaban J connectivity index is 1.42. The topological polar surface area (TPSA) is 122 Å². The zero-order valence-electron chi connectivity index (χ0n) is 15.4. The molecule has 2 bridgehead atoms. The highest BCUT2D eigenvalue weighted by Gasteiger charge is 2.60. The number of hydrogen-bond donors (Lipinski definition) is 2. The number of fused-ring (bicyclic) bond motifs is 5. The number of allylic oxidation sites excluding steroid dienone is 2. The average molecular weight is 384 g/mol. The number of hydrogen-bond acceptors (Lipinski definition) is 5. The fourth-order valence-electron chi connectivity index (χ4n) is 4.62. The van der Waals surface area contributed by atoms with Crippen molar-refractivity contribution in [2.45, 2.75) is 26.4 Å². The normalized spacial score (nSPS) is 28.4. The first-order valence-corrected chi connectivity index (χ1v) is 9.15. The van der Waals surface area contributed by atoms with E-state index < -0.39 is 17.1 Å². The number of anilines is 1. The van der Waals surface area contributed by atoms with Crippen LogP contribution in [0.2, 0.25) is 0 Å². The highest BCUT2D eigenvalue weighted by Crippen LogP contribution is 2.52. The molecule has 1 saturated heterocycles. The summed E-state index contributed by atoms with van der Waals surface area (Å²) in [5.74, 6) is -0.865. The number of nitro benzene ring substituents is 1. The first-order chi connectivity index (χ1) is 13.3. The van der Waals surface area contributed by atoms with E-state index in [9.17, 15) is 24.5 Å². The van der Waals surface area contributed by atoms with Crippen LogP contribution in [-0.4, -0.2) is 33.8 Å². The Kier molecular flexibility index (Phi) is 4.17. The van der Waals surface area contributed by atoms with Crippen LogP contribution < -0.4 is 10.6 Å². The van der Waals surface area contributed by atoms with Crippen molar-refractivity contribution < 1.29 is 19.3 Å². The van der Waals surface area contributed by atoms with E-state index in [4.69, 9.17) is 0 Å². The van der Waals surface area contributed by atoms with Crippen LogP contribution >= 0.6 is 0 Å². The Morgan fingerprint density at radius 1 is 1.21 bits per heavy atom. The van der Waals surface area contributed by atoms with Crippen LogP contribution in [0.1, 0.15) is 18.9 Å². The van der Waals surface area contributed by atoms with Crippen molar-refractivity contribution in [2.24, 2.45) is 23.7 Å². The van der Waals surface area contributed by atoms with Crippen molar-refractivity contribution in [2.75, 3.05) is 5.32 Å². The van der Waals surface area contributed by atoms with Crippen LogP contribution in [0.5, 0.6) is 0 Å². The number of nitrogens with zero attached hydrogens (tertiary/aromatic N) is 2. The van der Waals surface area contributed by atoms with E-state index in [0.29, 0.717) is 11.3 Å². The average Bonchev–Trinajstić information content (AvgIpc) is 3.30. The number of nitrogens with one attached hydrogen (secondary N) is 2. The standard InChI is InChI=1S/C19H20N4O5/c1-9-7-13(23(27)28)5-6-14(9)21-19(26)20-10(2)22-17(24)15-11-3-4-12(8-11)16(15)18(22)25/h3-7,10-12,15-16H,8H2,1-2H3,(H2,20,21,26). The Bertz CT molecular complexity index is 897. The molecule has 5 unspecified atom stereocenters. The van der Waals surface area contributed by atoms with Crippen molar-refractivity contribution in [3.63, 3.8) is 0 Å². The molecule has 1 aromatic carbocycles. The molecule has 0 aromatic heterocycles. The van der Waals surface area contributed by atoms with Gasteiger partial charge in [0.15, 0.2) is 0 Å². The molecule has 4 rings (SSSR count). The van der Waals surface area contributed by atoms with Crippen molar-refractivity contribution in [1.82, 2.24) is 10.2 Å². The van der Waals surface area contributed by atoms with Gasteiger partial charge in [-0.1, -0.05) is 12.2 Å². The lowest BCUT2D eigenvalue weighted by atomic mass is 9.85. The lowest BCUT2D eigenvalue weighted by molar-refractivity contribution is -0.384. The lowest BCUT2D eigenvalue weighted by Gasteiger charge is -2.25. The maximum Gasteiger partial charge on any atom is 0.320 e. The van der Waals surface area contributed by atoms with Gasteiger partial charge in [0.1, 0.15) is 6.17 Å². The van der Waals surface area contributed by atoms with E-state index in [2.05, 4.69) is 10.6 Å². The molecule has 3 aliphatic rings. The molecule has 0 radical (unpaired) electrons. The molecule has 1 aliphatic heterocycles. The number of rotatable bonds is 4. The van der Waals surface area contributed by atoms with E-state index in [0.717, 1.165) is 11.3 Å². The largest absolute Gasteiger partial charge is 0.320 e. The predicted molar refractivity (Wildman–Crippen MR) is 99.0 cm³/mol. The number of carbonyl (C=O) groups is 3. The van der Waals surface area contributed by atoms with Crippen LogP contribution in [0.3, 0.4) is 0 Å². The van der Waals surface area contributed by atoms with E-state index in [1.54, 1.807) is 13.8 Å². The van der Waals surface area contributed by atoms with Crippen LogP contribution in [0.25, 0.3) is 0 Å². The maximum atomic E-state index is 12.8. The monoisotopic (exact) mass is 384 g/mol. The summed E-state index contributed by atoms with van der Waals surface area (Å²) in [4.78, 5) is 49.3. The second-order valence-corrected chi connectivity index (χ2v) is 7.58. The van der Waals surface area contributed by atoms with Crippen LogP contribution in [0.4, 0.5) is 16.2 Å². The Morgan fingerprint density at radius 2 is 1.82 bits per heavy atom. The molecule has 28 heavy (non-hydrogen) atoms. The molecule has 5 atom stereocenters. The van der Waals surface area contributed by atoms with Gasteiger partial charge in [-0.3, -0.25) is 24.6 Å². The van der Waals surface area contributed by atoms with Gasteiger partial charge in [-0.05, 0) is 43.7 Å². The summed E-state index contributed by atoms with van der Waals surface area (Å²) in [6.45, 7) is 3.23. The second-order valence-electron chi connectivity index (χ2n) is 7.58. The number of non-ortho nitro benzene ring substituents is 1. The quantitative estimate of drug-likeness (QED) is 0.357. The van der Waals surface area contributed by atoms with Gasteiger partial charge in [0.2, 0.25) is 11.8 Å². The van der Waals surface area contributed by atoms with E-state index in [-0.39, 0.29) is 41.2 Å². The molecule has 1 aromatic rings. The molecule has 2 fully saturated rings. The van der Waals surface area contributed by atoms with Gasteiger partial charge in [-0.25, -0.2) is 4.79 Å². The lowest BCUT2D eigenvalue weighted by Crippen LogP contribution is -2.51. The molecule has 4 amide bonds. The molecule has 0 spiro atoms. The van der Waals surface area contributed by atoms with Gasteiger partial charge in [-0.15, -0.1) is 0 Å². The third-order valence-corrected chi connectivity index (χ3v) is 5.90. The van der Waals surface area contributed by atoms with Gasteiger partial charge in [0.05, 0.1) is 16.8 Å². The predicted octanol–water partition coefficient (Wildman–Crippen LogP) is 2.18. The van der Waals surface area contributed by atoms with Crippen molar-refractivity contribution in [1.29, 1.82) is 0 Å². The number of aryl methyl sites for hydroxylation is 1. The Morgan fingerprint density at radius 3 is 2.36 bits per heavy atom. The van der Waals surface area contributed by atoms with E-state index >= 15 is 0 Å². The Hall–Kier alpha value is -3.23. The third-order valence-electron chi connectivity index (χ3n) is 5.90. The van der Waals surface area contributed by atoms with Gasteiger partial charge in [0.25, 0.3) is 5.69 Å². The number of imide groups is 1. The van der Waals surface area contributed by atoms with Gasteiger partial charge in [-0.2, -0.15) is 0 Å². The summed E-state index contributed by atoms with van der Waals surface area (Å²) in [5, 5.41) is 16.0. The highest BCUT2D eigenvalue weighted by molar-refractivity contribution is 6.07. The van der Waals surface area contributed by atoms with Crippen LogP contribution in [-0.2, 0) is 9.59 Å². The van der Waals surface area contributed by atoms with Crippen LogP contribution in [0.15, 0.2) is 30.4 Å². The van der Waals surface area contributed by atoms with Gasteiger partial charge >= 0.3 is 6.03 Å². The number of benzene rings is 1. The zero-order valence-corrected chi connectivity index (χ0v) is 15.4. The van der Waals surface area contributed by atoms with Crippen molar-refractivity contribution in [3.8, 4) is 0 Å². The SMILES string of the molecule is Cc1cc([N+](=O)[O-])ccc1NC(=O)NC(C)N1C(=O)C2C3C=CC(C3)C2C1=O. The fraction of sp³-hybridized carbons (Fsp3) is 0.421. The molecule has 1 saturated carbocycles. The minimum absolute atomic E-state index is 0.0696. The first kappa shape index (κ1) is 18.1. The van der Waals surface area contributed by atoms with E-state index in [1.807, 2.05) is 12.2 Å². The fourth-order valence-corrected chi connectivity index (χ4v) is 4.62. The molecule has 2 N–H and O–H groups in total. The number of carbonyl (C=O) groups excluding carboxylic acids is 3. The first-order valence-electron chi connectivity index (χ1n) is 9.15. The summed E-state index contributed by atoms with van der Waals surface area (Å²) in [6.07, 6.45) is 4.09. The van der Waals surface area contributed by atoms with Gasteiger partial charge in [0, 0.05) is 17.8 Å². The molecule has 2 aliphatic carbocycles. The summed E-state index contributed by atoms with van der Waals surface area (Å²) in [6, 6.07) is 3.50. The molecular formula is C19H20N4O5. The van der Waals surface area contributed by atoms with Crippen molar-refractivity contribution in [3.05, 3.63) is 46.0 Å². The summed E-state index contributed by atoms with van der Waals surface area (Å²) in [5.41, 5.74) is 0.871. The zero-order chi connectivity index (χ0) is 20.2. The molecule has 9 nitrogen and oxygen atoms in total.